The van der Waals surface area contributed by atoms with Crippen molar-refractivity contribution >= 4 is 33.4 Å². The highest BCUT2D eigenvalue weighted by molar-refractivity contribution is 9.10. The zero-order valence-electron chi connectivity index (χ0n) is 14.4. The van der Waals surface area contributed by atoms with Gasteiger partial charge in [0.05, 0.1) is 28.8 Å². The molecule has 1 N–H and O–H groups in total. The highest BCUT2D eigenvalue weighted by Crippen LogP contribution is 2.36. The number of carbonyl (C=O) groups is 1. The van der Waals surface area contributed by atoms with Crippen LogP contribution in [-0.4, -0.2) is 19.1 Å². The van der Waals surface area contributed by atoms with Crippen molar-refractivity contribution < 1.29 is 14.3 Å². The summed E-state index contributed by atoms with van der Waals surface area (Å²) >= 11 is 9.23. The van der Waals surface area contributed by atoms with Gasteiger partial charge in [0.2, 0.25) is 0 Å². The Kier molecular flexibility index (Phi) is 7.31. The lowest BCUT2D eigenvalue weighted by Gasteiger charge is -2.17. The fraction of sp³-hybridized carbons (Fsp3) is 0.263. The Bertz CT molecular complexity index is 819. The summed E-state index contributed by atoms with van der Waals surface area (Å²) in [6, 6.07) is 12.3. The summed E-state index contributed by atoms with van der Waals surface area (Å²) in [7, 11) is 0. The lowest BCUT2D eigenvalue weighted by molar-refractivity contribution is -0.123. The fourth-order valence-corrected chi connectivity index (χ4v) is 2.97. The smallest absolute Gasteiger partial charge is 0.258 e. The lowest BCUT2D eigenvalue weighted by Crippen LogP contribution is -2.31. The van der Waals surface area contributed by atoms with Gasteiger partial charge in [-0.2, -0.15) is 5.26 Å². The zero-order chi connectivity index (χ0) is 19.1. The standard InChI is InChI=1S/C19H18BrClN2O3/c1-3-25-17-9-13(10-22)8-16(20)19(17)26-11-18(24)23-12(2)14-4-6-15(21)7-5-14/h4-9,12H,3,11H2,1-2H3,(H,23,24). The van der Waals surface area contributed by atoms with Crippen molar-refractivity contribution in [3.05, 3.63) is 57.0 Å². The monoisotopic (exact) mass is 436 g/mol. The van der Waals surface area contributed by atoms with Crippen molar-refractivity contribution in [3.63, 3.8) is 0 Å². The summed E-state index contributed by atoms with van der Waals surface area (Å²) in [6.45, 7) is 3.95. The van der Waals surface area contributed by atoms with Crippen LogP contribution in [0.5, 0.6) is 11.5 Å². The van der Waals surface area contributed by atoms with Crippen LogP contribution < -0.4 is 14.8 Å². The van der Waals surface area contributed by atoms with Crippen LogP contribution in [0.25, 0.3) is 0 Å². The van der Waals surface area contributed by atoms with Crippen molar-refractivity contribution in [1.82, 2.24) is 5.32 Å². The minimum atomic E-state index is -0.272. The van der Waals surface area contributed by atoms with E-state index in [0.29, 0.717) is 33.2 Å². The Morgan fingerprint density at radius 2 is 2.00 bits per heavy atom. The Labute approximate surface area is 166 Å². The van der Waals surface area contributed by atoms with Crippen molar-refractivity contribution in [2.75, 3.05) is 13.2 Å². The molecule has 26 heavy (non-hydrogen) atoms. The van der Waals surface area contributed by atoms with E-state index in [-0.39, 0.29) is 18.6 Å². The topological polar surface area (TPSA) is 71.3 Å². The molecule has 136 valence electrons. The molecule has 2 aromatic carbocycles. The molecule has 5 nitrogen and oxygen atoms in total. The quantitative estimate of drug-likeness (QED) is 0.685. The number of ether oxygens (including phenoxy) is 2. The molecule has 0 saturated heterocycles. The van der Waals surface area contributed by atoms with Gasteiger partial charge in [-0.1, -0.05) is 23.7 Å². The fourth-order valence-electron chi connectivity index (χ4n) is 2.29. The molecule has 1 unspecified atom stereocenters. The number of nitrogens with one attached hydrogen (secondary N) is 1. The van der Waals surface area contributed by atoms with E-state index >= 15 is 0 Å². The Balaban J connectivity index is 2.02. The number of nitriles is 1. The van der Waals surface area contributed by atoms with E-state index in [1.807, 2.05) is 26.0 Å². The van der Waals surface area contributed by atoms with Gasteiger partial charge in [0.1, 0.15) is 0 Å². The summed E-state index contributed by atoms with van der Waals surface area (Å²) in [4.78, 5) is 12.2. The highest BCUT2D eigenvalue weighted by atomic mass is 79.9. The van der Waals surface area contributed by atoms with Crippen LogP contribution in [0.3, 0.4) is 0 Å². The molecular formula is C19H18BrClN2O3. The highest BCUT2D eigenvalue weighted by Gasteiger charge is 2.15. The van der Waals surface area contributed by atoms with E-state index in [1.54, 1.807) is 24.3 Å². The molecule has 0 radical (unpaired) electrons. The molecule has 0 aromatic heterocycles. The molecule has 2 rings (SSSR count). The molecule has 0 aliphatic heterocycles. The third-order valence-corrected chi connectivity index (χ3v) is 4.37. The predicted molar refractivity (Wildman–Crippen MR) is 104 cm³/mol. The SMILES string of the molecule is CCOc1cc(C#N)cc(Br)c1OCC(=O)NC(C)c1ccc(Cl)cc1. The third-order valence-electron chi connectivity index (χ3n) is 3.53. The second-order valence-electron chi connectivity index (χ2n) is 5.46. The van der Waals surface area contributed by atoms with Crippen LogP contribution in [0.15, 0.2) is 40.9 Å². The van der Waals surface area contributed by atoms with E-state index in [4.69, 9.17) is 26.3 Å². The minimum absolute atomic E-state index is 0.178. The number of carbonyl (C=O) groups excluding carboxylic acids is 1. The predicted octanol–water partition coefficient (Wildman–Crippen LogP) is 4.63. The van der Waals surface area contributed by atoms with Crippen LogP contribution >= 0.6 is 27.5 Å². The molecule has 7 heteroatoms. The molecule has 0 heterocycles. The van der Waals surface area contributed by atoms with Crippen molar-refractivity contribution in [2.24, 2.45) is 0 Å². The van der Waals surface area contributed by atoms with Gasteiger partial charge >= 0.3 is 0 Å². The maximum Gasteiger partial charge on any atom is 0.258 e. The summed E-state index contributed by atoms with van der Waals surface area (Å²) in [5.41, 5.74) is 1.38. The van der Waals surface area contributed by atoms with E-state index < -0.39 is 0 Å². The van der Waals surface area contributed by atoms with Crippen LogP contribution in [-0.2, 0) is 4.79 Å². The van der Waals surface area contributed by atoms with Gasteiger partial charge < -0.3 is 14.8 Å². The molecule has 0 fully saturated rings. The first-order valence-electron chi connectivity index (χ1n) is 7.98. The third kappa shape index (κ3) is 5.38. The second kappa shape index (κ2) is 9.46. The van der Waals surface area contributed by atoms with E-state index in [1.165, 1.54) is 0 Å². The van der Waals surface area contributed by atoms with E-state index in [9.17, 15) is 4.79 Å². The Hall–Kier alpha value is -2.23. The number of halogens is 2. The molecule has 0 saturated carbocycles. The van der Waals surface area contributed by atoms with E-state index in [2.05, 4.69) is 27.3 Å². The maximum atomic E-state index is 12.2. The Morgan fingerprint density at radius 3 is 2.62 bits per heavy atom. The molecular weight excluding hydrogens is 420 g/mol. The van der Waals surface area contributed by atoms with Crippen LogP contribution in [0.1, 0.15) is 31.0 Å². The molecule has 0 aliphatic rings. The van der Waals surface area contributed by atoms with Gasteiger partial charge in [0.25, 0.3) is 5.91 Å². The van der Waals surface area contributed by atoms with Crippen LogP contribution in [0.4, 0.5) is 0 Å². The molecule has 0 aliphatic carbocycles. The average molecular weight is 438 g/mol. The summed E-state index contributed by atoms with van der Waals surface area (Å²) in [5.74, 6) is 0.531. The summed E-state index contributed by atoms with van der Waals surface area (Å²) < 4.78 is 11.7. The average Bonchev–Trinajstić information content (AvgIpc) is 2.61. The zero-order valence-corrected chi connectivity index (χ0v) is 16.7. The minimum Gasteiger partial charge on any atom is -0.490 e. The molecule has 1 amide bonds. The van der Waals surface area contributed by atoms with Gasteiger partial charge in [-0.3, -0.25) is 4.79 Å². The summed E-state index contributed by atoms with van der Waals surface area (Å²) in [6.07, 6.45) is 0. The normalized spacial score (nSPS) is 11.3. The molecule has 0 bridgehead atoms. The van der Waals surface area contributed by atoms with Gasteiger partial charge in [-0.25, -0.2) is 0 Å². The van der Waals surface area contributed by atoms with Crippen molar-refractivity contribution in [1.29, 1.82) is 5.26 Å². The first-order chi connectivity index (χ1) is 12.4. The van der Waals surface area contributed by atoms with Crippen molar-refractivity contribution in [3.8, 4) is 17.6 Å². The number of rotatable bonds is 7. The van der Waals surface area contributed by atoms with Gasteiger partial charge in [-0.05, 0) is 53.5 Å². The Morgan fingerprint density at radius 1 is 1.31 bits per heavy atom. The van der Waals surface area contributed by atoms with Gasteiger partial charge in [-0.15, -0.1) is 0 Å². The number of benzene rings is 2. The maximum absolute atomic E-state index is 12.2. The number of amides is 1. The molecule has 1 atom stereocenters. The molecule has 0 spiro atoms. The first kappa shape index (κ1) is 20.1. The van der Waals surface area contributed by atoms with Gasteiger partial charge in [0.15, 0.2) is 18.1 Å². The number of hydrogen-bond acceptors (Lipinski definition) is 4. The van der Waals surface area contributed by atoms with Crippen LogP contribution in [0, 0.1) is 11.3 Å². The van der Waals surface area contributed by atoms with Crippen molar-refractivity contribution in [2.45, 2.75) is 19.9 Å². The largest absolute Gasteiger partial charge is 0.490 e. The number of nitrogens with zero attached hydrogens (tertiary/aromatic N) is 1. The van der Waals surface area contributed by atoms with Gasteiger partial charge in [0, 0.05) is 11.1 Å². The second-order valence-corrected chi connectivity index (χ2v) is 6.75. The molecule has 2 aromatic rings. The lowest BCUT2D eigenvalue weighted by atomic mass is 10.1. The first-order valence-corrected chi connectivity index (χ1v) is 9.15. The number of hydrogen-bond donors (Lipinski definition) is 1. The summed E-state index contributed by atoms with van der Waals surface area (Å²) in [5, 5.41) is 12.6. The van der Waals surface area contributed by atoms with Crippen LogP contribution in [0.2, 0.25) is 5.02 Å². The van der Waals surface area contributed by atoms with E-state index in [0.717, 1.165) is 5.56 Å².